The minimum absolute atomic E-state index is 0.0518. The first-order valence-corrected chi connectivity index (χ1v) is 11.5. The summed E-state index contributed by atoms with van der Waals surface area (Å²) < 4.78 is 49.2. The van der Waals surface area contributed by atoms with Gasteiger partial charge in [-0.2, -0.15) is 4.31 Å². The van der Waals surface area contributed by atoms with Gasteiger partial charge in [-0.05, 0) is 48.7 Å². The summed E-state index contributed by atoms with van der Waals surface area (Å²) in [6.45, 7) is 1.20. The first kappa shape index (κ1) is 22.1. The molecule has 0 bridgehead atoms. The van der Waals surface area contributed by atoms with Gasteiger partial charge in [0.25, 0.3) is 0 Å². The van der Waals surface area contributed by atoms with E-state index in [1.165, 1.54) is 36.7 Å². The molecule has 9 nitrogen and oxygen atoms in total. The van der Waals surface area contributed by atoms with Crippen LogP contribution in [0, 0.1) is 0 Å². The van der Waals surface area contributed by atoms with Crippen molar-refractivity contribution in [3.63, 3.8) is 0 Å². The minimum atomic E-state index is -4.04. The molecular formula is C22H23NO8S. The molecule has 1 unspecified atom stereocenters. The van der Waals surface area contributed by atoms with Gasteiger partial charge in [-0.15, -0.1) is 0 Å². The summed E-state index contributed by atoms with van der Waals surface area (Å²) in [6, 6.07) is 8.67. The zero-order valence-corrected chi connectivity index (χ0v) is 18.5. The van der Waals surface area contributed by atoms with Crippen molar-refractivity contribution in [2.24, 2.45) is 0 Å². The molecule has 0 N–H and O–H groups in total. The molecule has 1 fully saturated rings. The average Bonchev–Trinajstić information content (AvgIpc) is 3.33. The molecule has 0 amide bonds. The van der Waals surface area contributed by atoms with E-state index in [1.807, 2.05) is 6.07 Å². The van der Waals surface area contributed by atoms with Gasteiger partial charge in [0.15, 0.2) is 11.5 Å². The third-order valence-electron chi connectivity index (χ3n) is 5.51. The third-order valence-corrected chi connectivity index (χ3v) is 7.40. The molecule has 2 aromatic carbocycles. The van der Waals surface area contributed by atoms with Gasteiger partial charge >= 0.3 is 11.9 Å². The van der Waals surface area contributed by atoms with Crippen molar-refractivity contribution in [1.29, 1.82) is 0 Å². The van der Waals surface area contributed by atoms with Gasteiger partial charge in [0.2, 0.25) is 10.0 Å². The van der Waals surface area contributed by atoms with Crippen molar-refractivity contribution in [3.05, 3.63) is 53.1 Å². The van der Waals surface area contributed by atoms with E-state index in [-0.39, 0.29) is 16.0 Å². The van der Waals surface area contributed by atoms with E-state index < -0.39 is 28.0 Å². The number of nitrogens with zero attached hydrogens (tertiary/aromatic N) is 1. The summed E-state index contributed by atoms with van der Waals surface area (Å²) in [6.07, 6.45) is 1.29. The normalized spacial score (nSPS) is 18.2. The predicted octanol–water partition coefficient (Wildman–Crippen LogP) is 2.56. The number of carbonyl (C=O) groups is 2. The van der Waals surface area contributed by atoms with Crippen molar-refractivity contribution in [2.75, 3.05) is 34.0 Å². The number of sulfonamides is 1. The average molecular weight is 461 g/mol. The lowest BCUT2D eigenvalue weighted by Gasteiger charge is -2.26. The smallest absolute Gasteiger partial charge is 0.337 e. The number of esters is 2. The fourth-order valence-corrected chi connectivity index (χ4v) is 5.74. The second-order valence-corrected chi connectivity index (χ2v) is 9.30. The first-order chi connectivity index (χ1) is 15.3. The molecule has 10 heteroatoms. The van der Waals surface area contributed by atoms with Gasteiger partial charge in [-0.3, -0.25) is 0 Å². The van der Waals surface area contributed by atoms with Crippen LogP contribution in [0.4, 0.5) is 0 Å². The van der Waals surface area contributed by atoms with Crippen molar-refractivity contribution in [1.82, 2.24) is 4.31 Å². The number of benzene rings is 2. The molecule has 2 aliphatic rings. The Balaban J connectivity index is 1.73. The predicted molar refractivity (Wildman–Crippen MR) is 112 cm³/mol. The zero-order chi connectivity index (χ0) is 22.9. The van der Waals surface area contributed by atoms with E-state index in [2.05, 4.69) is 0 Å². The van der Waals surface area contributed by atoms with Gasteiger partial charge in [0.05, 0.1) is 36.3 Å². The van der Waals surface area contributed by atoms with Crippen LogP contribution in [0.1, 0.15) is 45.2 Å². The Morgan fingerprint density at radius 1 is 0.938 bits per heavy atom. The highest BCUT2D eigenvalue weighted by atomic mass is 32.2. The molecule has 2 aromatic rings. The van der Waals surface area contributed by atoms with E-state index in [1.54, 1.807) is 12.1 Å². The fourth-order valence-electron chi connectivity index (χ4n) is 3.98. The lowest BCUT2D eigenvalue weighted by Crippen LogP contribution is -2.31. The van der Waals surface area contributed by atoms with E-state index in [9.17, 15) is 18.0 Å². The summed E-state index contributed by atoms with van der Waals surface area (Å²) in [7, 11) is -1.68. The SMILES string of the molecule is COC(=O)c1cc(C(=O)OC)cc(S(=O)(=O)N2CCCC2c2ccc3c(c2)OCCO3)c1. The number of fused-ring (bicyclic) bond motifs is 1. The number of methoxy groups -OCH3 is 2. The number of rotatable bonds is 5. The molecule has 1 atom stereocenters. The molecule has 170 valence electrons. The fraction of sp³-hybridized carbons (Fsp3) is 0.364. The minimum Gasteiger partial charge on any atom is -0.486 e. The van der Waals surface area contributed by atoms with Crippen molar-refractivity contribution in [3.8, 4) is 11.5 Å². The lowest BCUT2D eigenvalue weighted by atomic mass is 10.0. The molecule has 4 rings (SSSR count). The van der Waals surface area contributed by atoms with Crippen molar-refractivity contribution < 1.29 is 37.0 Å². The Labute approximate surface area is 185 Å². The molecular weight excluding hydrogens is 438 g/mol. The highest BCUT2D eigenvalue weighted by molar-refractivity contribution is 7.89. The zero-order valence-electron chi connectivity index (χ0n) is 17.7. The topological polar surface area (TPSA) is 108 Å². The Kier molecular flexibility index (Phi) is 6.07. The molecule has 1 saturated heterocycles. The van der Waals surface area contributed by atoms with Crippen molar-refractivity contribution >= 4 is 22.0 Å². The Morgan fingerprint density at radius 3 is 2.19 bits per heavy atom. The van der Waals surface area contributed by atoms with E-state index in [0.29, 0.717) is 44.1 Å². The van der Waals surface area contributed by atoms with Gasteiger partial charge in [-0.25, -0.2) is 18.0 Å². The highest BCUT2D eigenvalue weighted by Crippen LogP contribution is 2.40. The maximum Gasteiger partial charge on any atom is 0.337 e. The highest BCUT2D eigenvalue weighted by Gasteiger charge is 2.37. The van der Waals surface area contributed by atoms with Crippen LogP contribution in [0.2, 0.25) is 0 Å². The van der Waals surface area contributed by atoms with Gasteiger partial charge in [-0.1, -0.05) is 6.07 Å². The molecule has 2 heterocycles. The molecule has 0 spiro atoms. The van der Waals surface area contributed by atoms with Gasteiger partial charge in [0, 0.05) is 6.54 Å². The maximum absolute atomic E-state index is 13.6. The van der Waals surface area contributed by atoms with Crippen LogP contribution < -0.4 is 9.47 Å². The Morgan fingerprint density at radius 2 is 1.56 bits per heavy atom. The van der Waals surface area contributed by atoms with Crippen LogP contribution in [0.5, 0.6) is 11.5 Å². The van der Waals surface area contributed by atoms with Crippen LogP contribution in [-0.2, 0) is 19.5 Å². The Bertz CT molecular complexity index is 1130. The molecule has 0 aromatic heterocycles. The first-order valence-electron chi connectivity index (χ1n) is 10.1. The van der Waals surface area contributed by atoms with Crippen LogP contribution in [-0.4, -0.2) is 58.6 Å². The molecule has 32 heavy (non-hydrogen) atoms. The second kappa shape index (κ2) is 8.79. The number of carbonyl (C=O) groups excluding carboxylic acids is 2. The number of hydrogen-bond donors (Lipinski definition) is 0. The second-order valence-electron chi connectivity index (χ2n) is 7.41. The van der Waals surface area contributed by atoms with Crippen molar-refractivity contribution in [2.45, 2.75) is 23.8 Å². The van der Waals surface area contributed by atoms with E-state index >= 15 is 0 Å². The summed E-state index contributed by atoms with van der Waals surface area (Å²) in [5.41, 5.74) is 0.681. The maximum atomic E-state index is 13.6. The van der Waals surface area contributed by atoms with Gasteiger partial charge < -0.3 is 18.9 Å². The largest absolute Gasteiger partial charge is 0.486 e. The summed E-state index contributed by atoms with van der Waals surface area (Å²) in [4.78, 5) is 24.0. The van der Waals surface area contributed by atoms with Crippen LogP contribution >= 0.6 is 0 Å². The number of hydrogen-bond acceptors (Lipinski definition) is 8. The standard InChI is InChI=1S/C22H23NO8S/c1-28-21(24)15-10-16(22(25)29-2)12-17(11-15)32(26,27)23-7-3-4-18(23)14-5-6-19-20(13-14)31-9-8-30-19/h5-6,10-13,18H,3-4,7-9H2,1-2H3. The van der Waals surface area contributed by atoms with Gasteiger partial charge in [0.1, 0.15) is 13.2 Å². The third kappa shape index (κ3) is 4.03. The lowest BCUT2D eigenvalue weighted by molar-refractivity contribution is 0.0598. The van der Waals surface area contributed by atoms with Crippen LogP contribution in [0.25, 0.3) is 0 Å². The molecule has 0 radical (unpaired) electrons. The van der Waals surface area contributed by atoms with E-state index in [4.69, 9.17) is 18.9 Å². The summed E-state index contributed by atoms with van der Waals surface area (Å²) in [5, 5.41) is 0. The number of ether oxygens (including phenoxy) is 4. The monoisotopic (exact) mass is 461 g/mol. The van der Waals surface area contributed by atoms with Crippen LogP contribution in [0.15, 0.2) is 41.3 Å². The quantitative estimate of drug-likeness (QED) is 0.625. The van der Waals surface area contributed by atoms with E-state index in [0.717, 1.165) is 5.56 Å². The molecule has 2 aliphatic heterocycles. The Hall–Kier alpha value is -3.11. The van der Waals surface area contributed by atoms with Crippen LogP contribution in [0.3, 0.4) is 0 Å². The summed E-state index contributed by atoms with van der Waals surface area (Å²) >= 11 is 0. The molecule has 0 saturated carbocycles. The summed E-state index contributed by atoms with van der Waals surface area (Å²) in [5.74, 6) is -0.298. The molecule has 0 aliphatic carbocycles.